The van der Waals surface area contributed by atoms with Gasteiger partial charge in [-0.15, -0.1) is 24.0 Å². The Morgan fingerprint density at radius 1 is 0.867 bits per heavy atom. The fourth-order valence-electron chi connectivity index (χ4n) is 3.88. The average Bonchev–Trinajstić information content (AvgIpc) is 2.80. The van der Waals surface area contributed by atoms with Crippen LogP contribution in [-0.4, -0.2) is 75.2 Å². The molecule has 0 radical (unpaired) electrons. The lowest BCUT2D eigenvalue weighted by Gasteiger charge is -2.34. The summed E-state index contributed by atoms with van der Waals surface area (Å²) in [6, 6.07) is 21.4. The number of halogens is 1. The van der Waals surface area contributed by atoms with Crippen molar-refractivity contribution in [1.29, 1.82) is 0 Å². The Kier molecular flexibility index (Phi) is 11.2. The maximum atomic E-state index is 4.42. The van der Waals surface area contributed by atoms with Crippen LogP contribution in [0.4, 0.5) is 0 Å². The monoisotopic (exact) mass is 521 g/mol. The molecule has 0 amide bonds. The fourth-order valence-corrected chi connectivity index (χ4v) is 3.88. The van der Waals surface area contributed by atoms with Gasteiger partial charge in [-0.25, -0.2) is 0 Å². The second kappa shape index (κ2) is 13.6. The minimum Gasteiger partial charge on any atom is -0.355 e. The van der Waals surface area contributed by atoms with E-state index in [0.717, 1.165) is 45.2 Å². The summed E-state index contributed by atoms with van der Waals surface area (Å²) in [5.41, 5.74) is 2.63. The Labute approximate surface area is 199 Å². The van der Waals surface area contributed by atoms with Gasteiger partial charge < -0.3 is 15.5 Å². The number of likely N-dealkylation sites (N-methyl/N-ethyl adjacent to an activating group) is 1. The topological polar surface area (TPSA) is 42.9 Å². The molecule has 0 unspecified atom stereocenters. The molecule has 0 aromatic heterocycles. The van der Waals surface area contributed by atoms with Crippen LogP contribution < -0.4 is 10.6 Å². The van der Waals surface area contributed by atoms with Crippen LogP contribution in [0.5, 0.6) is 0 Å². The van der Waals surface area contributed by atoms with E-state index >= 15 is 0 Å². The fraction of sp³-hybridized carbons (Fsp3) is 0.458. The van der Waals surface area contributed by atoms with E-state index in [0.29, 0.717) is 0 Å². The molecule has 2 aromatic rings. The first-order chi connectivity index (χ1) is 14.3. The summed E-state index contributed by atoms with van der Waals surface area (Å²) in [7, 11) is 1.84. The van der Waals surface area contributed by atoms with E-state index in [1.54, 1.807) is 0 Å². The Morgan fingerprint density at radius 2 is 1.40 bits per heavy atom. The first-order valence-electron chi connectivity index (χ1n) is 10.8. The van der Waals surface area contributed by atoms with Gasteiger partial charge in [-0.2, -0.15) is 0 Å². The van der Waals surface area contributed by atoms with Gasteiger partial charge >= 0.3 is 0 Å². The minimum absolute atomic E-state index is 0. The number of hydrogen-bond acceptors (Lipinski definition) is 3. The highest BCUT2D eigenvalue weighted by Gasteiger charge is 2.16. The van der Waals surface area contributed by atoms with Crippen molar-refractivity contribution < 1.29 is 0 Å². The SMILES string of the molecule is CCN1CCN(CCNC(=NC)NCC(c2ccccc2)c2ccccc2)CC1.I. The van der Waals surface area contributed by atoms with E-state index in [1.807, 2.05) is 7.05 Å². The summed E-state index contributed by atoms with van der Waals surface area (Å²) in [5.74, 6) is 1.16. The van der Waals surface area contributed by atoms with Gasteiger partial charge in [0.15, 0.2) is 5.96 Å². The molecule has 1 aliphatic heterocycles. The van der Waals surface area contributed by atoms with Crippen molar-refractivity contribution in [3.05, 3.63) is 71.8 Å². The van der Waals surface area contributed by atoms with Gasteiger partial charge in [0, 0.05) is 58.8 Å². The number of aliphatic imine (C=N–C) groups is 1. The largest absolute Gasteiger partial charge is 0.355 e. The van der Waals surface area contributed by atoms with Crippen molar-refractivity contribution in [1.82, 2.24) is 20.4 Å². The van der Waals surface area contributed by atoms with Gasteiger partial charge in [0.05, 0.1) is 0 Å². The molecule has 1 saturated heterocycles. The molecule has 164 valence electrons. The van der Waals surface area contributed by atoms with Crippen molar-refractivity contribution in [2.75, 3.05) is 59.4 Å². The molecule has 6 heteroatoms. The van der Waals surface area contributed by atoms with E-state index in [4.69, 9.17) is 0 Å². The summed E-state index contributed by atoms with van der Waals surface area (Å²) < 4.78 is 0. The first-order valence-corrected chi connectivity index (χ1v) is 10.8. The number of guanidine groups is 1. The lowest BCUT2D eigenvalue weighted by Crippen LogP contribution is -2.49. The maximum absolute atomic E-state index is 4.42. The number of benzene rings is 2. The highest BCUT2D eigenvalue weighted by molar-refractivity contribution is 14.0. The van der Waals surface area contributed by atoms with Gasteiger partial charge in [-0.05, 0) is 17.7 Å². The molecule has 2 N–H and O–H groups in total. The zero-order chi connectivity index (χ0) is 20.3. The first kappa shape index (κ1) is 24.6. The molecule has 30 heavy (non-hydrogen) atoms. The number of hydrogen-bond donors (Lipinski definition) is 2. The second-order valence-electron chi connectivity index (χ2n) is 7.53. The quantitative estimate of drug-likeness (QED) is 0.318. The Hall–Kier alpha value is -1.64. The lowest BCUT2D eigenvalue weighted by molar-refractivity contribution is 0.139. The van der Waals surface area contributed by atoms with Crippen LogP contribution in [0, 0.1) is 0 Å². The number of nitrogens with zero attached hydrogens (tertiary/aromatic N) is 3. The summed E-state index contributed by atoms with van der Waals surface area (Å²) in [5, 5.41) is 7.02. The summed E-state index contributed by atoms with van der Waals surface area (Å²) in [4.78, 5) is 9.47. The van der Waals surface area contributed by atoms with E-state index in [2.05, 4.69) is 93.0 Å². The molecule has 0 atom stereocenters. The third-order valence-corrected chi connectivity index (χ3v) is 5.73. The van der Waals surface area contributed by atoms with Crippen LogP contribution in [0.1, 0.15) is 24.0 Å². The van der Waals surface area contributed by atoms with Gasteiger partial charge in [0.1, 0.15) is 0 Å². The third-order valence-electron chi connectivity index (χ3n) is 5.73. The average molecular weight is 521 g/mol. The smallest absolute Gasteiger partial charge is 0.191 e. The highest BCUT2D eigenvalue weighted by atomic mass is 127. The van der Waals surface area contributed by atoms with Crippen LogP contribution in [0.25, 0.3) is 0 Å². The number of piperazine rings is 1. The molecule has 0 bridgehead atoms. The van der Waals surface area contributed by atoms with Crippen LogP contribution in [0.15, 0.2) is 65.7 Å². The van der Waals surface area contributed by atoms with Gasteiger partial charge in [-0.1, -0.05) is 67.6 Å². The van der Waals surface area contributed by atoms with E-state index in [-0.39, 0.29) is 29.9 Å². The van der Waals surface area contributed by atoms with Gasteiger partial charge in [-0.3, -0.25) is 9.89 Å². The molecular weight excluding hydrogens is 485 g/mol. The molecule has 1 aliphatic rings. The molecule has 3 rings (SSSR count). The van der Waals surface area contributed by atoms with Gasteiger partial charge in [0.25, 0.3) is 0 Å². The normalized spacial score (nSPS) is 15.6. The van der Waals surface area contributed by atoms with Crippen molar-refractivity contribution in [2.24, 2.45) is 4.99 Å². The molecular formula is C24H36IN5. The lowest BCUT2D eigenvalue weighted by atomic mass is 9.91. The predicted molar refractivity (Wildman–Crippen MR) is 138 cm³/mol. The molecule has 1 fully saturated rings. The highest BCUT2D eigenvalue weighted by Crippen LogP contribution is 2.23. The zero-order valence-electron chi connectivity index (χ0n) is 18.3. The maximum Gasteiger partial charge on any atom is 0.191 e. The van der Waals surface area contributed by atoms with Crippen LogP contribution in [0.3, 0.4) is 0 Å². The van der Waals surface area contributed by atoms with Crippen LogP contribution >= 0.6 is 24.0 Å². The number of nitrogens with one attached hydrogen (secondary N) is 2. The van der Waals surface area contributed by atoms with Crippen molar-refractivity contribution in [3.63, 3.8) is 0 Å². The van der Waals surface area contributed by atoms with Crippen molar-refractivity contribution >= 4 is 29.9 Å². The Bertz CT molecular complexity index is 690. The van der Waals surface area contributed by atoms with Crippen molar-refractivity contribution in [2.45, 2.75) is 12.8 Å². The molecule has 0 aliphatic carbocycles. The van der Waals surface area contributed by atoms with E-state index < -0.39 is 0 Å². The summed E-state index contributed by atoms with van der Waals surface area (Å²) in [6.07, 6.45) is 0. The second-order valence-corrected chi connectivity index (χ2v) is 7.53. The van der Waals surface area contributed by atoms with Gasteiger partial charge in [0.2, 0.25) is 0 Å². The zero-order valence-corrected chi connectivity index (χ0v) is 20.6. The van der Waals surface area contributed by atoms with Crippen LogP contribution in [-0.2, 0) is 0 Å². The Morgan fingerprint density at radius 3 is 1.90 bits per heavy atom. The third kappa shape index (κ3) is 7.56. The van der Waals surface area contributed by atoms with Crippen molar-refractivity contribution in [3.8, 4) is 0 Å². The molecule has 0 saturated carbocycles. The molecule has 1 heterocycles. The minimum atomic E-state index is 0. The molecule has 2 aromatic carbocycles. The Balaban J connectivity index is 0.00000320. The van der Waals surface area contributed by atoms with Crippen LogP contribution in [0.2, 0.25) is 0 Å². The van der Waals surface area contributed by atoms with E-state index in [9.17, 15) is 0 Å². The molecule has 5 nitrogen and oxygen atoms in total. The summed E-state index contributed by atoms with van der Waals surface area (Å²) >= 11 is 0. The standard InChI is InChI=1S/C24H35N5.HI/c1-3-28-16-18-29(19-17-28)15-14-26-24(25-2)27-20-23(21-10-6-4-7-11-21)22-12-8-5-9-13-22;/h4-13,23H,3,14-20H2,1-2H3,(H2,25,26,27);1H. The number of rotatable bonds is 8. The molecule has 0 spiro atoms. The van der Waals surface area contributed by atoms with E-state index in [1.165, 1.54) is 24.2 Å². The predicted octanol–water partition coefficient (Wildman–Crippen LogP) is 3.24. The summed E-state index contributed by atoms with van der Waals surface area (Å²) in [6.45, 7) is 10.8.